The van der Waals surface area contributed by atoms with Crippen molar-refractivity contribution in [3.8, 4) is 0 Å². The third-order valence-corrected chi connectivity index (χ3v) is 3.92. The van der Waals surface area contributed by atoms with Crippen LogP contribution >= 0.6 is 46.1 Å². The number of anilines is 1. The van der Waals surface area contributed by atoms with Crippen LogP contribution in [0.5, 0.6) is 0 Å². The van der Waals surface area contributed by atoms with Crippen LogP contribution in [0.25, 0.3) is 0 Å². The van der Waals surface area contributed by atoms with E-state index in [2.05, 4.69) is 10.3 Å². The molecule has 1 heterocycles. The van der Waals surface area contributed by atoms with Crippen LogP contribution in [-0.4, -0.2) is 20.7 Å². The molecule has 0 fully saturated rings. The minimum Gasteiger partial charge on any atom is -0.461 e. The summed E-state index contributed by atoms with van der Waals surface area (Å²) in [6, 6.07) is 9.33. The lowest BCUT2D eigenvalue weighted by atomic mass is 10.2. The summed E-state index contributed by atoms with van der Waals surface area (Å²) in [7, 11) is 0. The first kappa shape index (κ1) is 18.0. The first-order chi connectivity index (χ1) is 10.8. The summed E-state index contributed by atoms with van der Waals surface area (Å²) in [5, 5.41) is 4.22. The van der Waals surface area contributed by atoms with Crippen LogP contribution in [0.15, 0.2) is 35.7 Å². The van der Waals surface area contributed by atoms with Gasteiger partial charge in [-0.15, -0.1) is 11.3 Å². The number of aromatic nitrogens is 1. The number of carbonyl (C=O) groups excluding carboxylic acids is 2. The predicted molar refractivity (Wildman–Crippen MR) is 91.0 cm³/mol. The summed E-state index contributed by atoms with van der Waals surface area (Å²) in [5.74, 6) is -1.23. The fourth-order valence-corrected chi connectivity index (χ4v) is 2.40. The van der Waals surface area contributed by atoms with Crippen LogP contribution in [0, 0.1) is 0 Å². The quantitative estimate of drug-likeness (QED) is 0.621. The molecule has 2 rings (SSSR count). The number of esters is 1. The Morgan fingerprint density at radius 3 is 2.57 bits per heavy atom. The van der Waals surface area contributed by atoms with E-state index < -0.39 is 15.7 Å². The van der Waals surface area contributed by atoms with Crippen molar-refractivity contribution in [2.24, 2.45) is 0 Å². The first-order valence-electron chi connectivity index (χ1n) is 6.37. The van der Waals surface area contributed by atoms with Crippen LogP contribution < -0.4 is 5.32 Å². The minimum absolute atomic E-state index is 0.00697. The molecule has 1 amide bonds. The molecule has 122 valence electrons. The molecule has 1 aromatic carbocycles. The average Bonchev–Trinajstić information content (AvgIpc) is 2.92. The SMILES string of the molecule is O=C(Cc1csc(NC(=O)C(Cl)(Cl)Cl)n1)OCc1ccccc1. The lowest BCUT2D eigenvalue weighted by molar-refractivity contribution is -0.144. The van der Waals surface area contributed by atoms with Gasteiger partial charge in [-0.1, -0.05) is 65.1 Å². The average molecular weight is 394 g/mol. The van der Waals surface area contributed by atoms with Crippen molar-refractivity contribution < 1.29 is 14.3 Å². The molecule has 5 nitrogen and oxygen atoms in total. The first-order valence-corrected chi connectivity index (χ1v) is 8.38. The largest absolute Gasteiger partial charge is 0.461 e. The van der Waals surface area contributed by atoms with E-state index in [1.807, 2.05) is 30.3 Å². The molecule has 23 heavy (non-hydrogen) atoms. The Kier molecular flexibility index (Phi) is 6.24. The Hall–Kier alpha value is -1.34. The standard InChI is InChI=1S/C14H11Cl3N2O3S/c15-14(16,17)12(21)19-13-18-10(8-23-13)6-11(20)22-7-9-4-2-1-3-5-9/h1-5,8H,6-7H2,(H,18,19,21). The Morgan fingerprint density at radius 2 is 1.91 bits per heavy atom. The van der Waals surface area contributed by atoms with E-state index in [4.69, 9.17) is 39.5 Å². The topological polar surface area (TPSA) is 68.3 Å². The fraction of sp³-hybridized carbons (Fsp3) is 0.214. The lowest BCUT2D eigenvalue weighted by Gasteiger charge is -2.08. The molecule has 0 saturated heterocycles. The van der Waals surface area contributed by atoms with Gasteiger partial charge in [0, 0.05) is 5.38 Å². The lowest BCUT2D eigenvalue weighted by Crippen LogP contribution is -2.26. The molecule has 0 radical (unpaired) electrons. The van der Waals surface area contributed by atoms with Gasteiger partial charge in [0.05, 0.1) is 12.1 Å². The second-order valence-corrected chi connectivity index (χ2v) is 7.56. The van der Waals surface area contributed by atoms with Crippen molar-refractivity contribution in [1.82, 2.24) is 4.98 Å². The summed E-state index contributed by atoms with van der Waals surface area (Å²) >= 11 is 17.5. The van der Waals surface area contributed by atoms with Gasteiger partial charge in [0.1, 0.15) is 6.61 Å². The van der Waals surface area contributed by atoms with Crippen molar-refractivity contribution >= 4 is 63.1 Å². The van der Waals surface area contributed by atoms with Crippen molar-refractivity contribution in [2.45, 2.75) is 16.8 Å². The molecule has 2 aromatic rings. The van der Waals surface area contributed by atoms with Gasteiger partial charge in [-0.25, -0.2) is 4.98 Å². The smallest absolute Gasteiger partial charge is 0.312 e. The highest BCUT2D eigenvalue weighted by Gasteiger charge is 2.31. The van der Waals surface area contributed by atoms with Gasteiger partial charge < -0.3 is 4.74 Å². The van der Waals surface area contributed by atoms with Crippen LogP contribution in [0.2, 0.25) is 0 Å². The molecular weight excluding hydrogens is 383 g/mol. The van der Waals surface area contributed by atoms with Gasteiger partial charge in [-0.05, 0) is 5.56 Å². The molecule has 0 atom stereocenters. The van der Waals surface area contributed by atoms with Gasteiger partial charge in [0.25, 0.3) is 9.70 Å². The molecule has 0 saturated carbocycles. The molecule has 1 aromatic heterocycles. The Balaban J connectivity index is 1.84. The summed E-state index contributed by atoms with van der Waals surface area (Å²) < 4.78 is 3.08. The number of benzene rings is 1. The highest BCUT2D eigenvalue weighted by molar-refractivity contribution is 7.14. The van der Waals surface area contributed by atoms with E-state index in [1.54, 1.807) is 5.38 Å². The Bertz CT molecular complexity index is 686. The van der Waals surface area contributed by atoms with Crippen LogP contribution in [-0.2, 0) is 27.4 Å². The highest BCUT2D eigenvalue weighted by Crippen LogP contribution is 2.28. The van der Waals surface area contributed by atoms with Gasteiger partial charge in [0.2, 0.25) is 0 Å². The molecule has 0 bridgehead atoms. The van der Waals surface area contributed by atoms with E-state index in [-0.39, 0.29) is 18.2 Å². The minimum atomic E-state index is -2.07. The summed E-state index contributed by atoms with van der Waals surface area (Å²) in [4.78, 5) is 27.3. The zero-order valence-electron chi connectivity index (χ0n) is 11.6. The summed E-state index contributed by atoms with van der Waals surface area (Å²) in [6.45, 7) is 0.195. The molecule has 1 N–H and O–H groups in total. The Morgan fingerprint density at radius 1 is 1.22 bits per heavy atom. The van der Waals surface area contributed by atoms with E-state index in [0.29, 0.717) is 5.69 Å². The third-order valence-electron chi connectivity index (χ3n) is 2.60. The van der Waals surface area contributed by atoms with Crippen LogP contribution in [0.4, 0.5) is 5.13 Å². The summed E-state index contributed by atoms with van der Waals surface area (Å²) in [5.41, 5.74) is 1.36. The van der Waals surface area contributed by atoms with Gasteiger partial charge >= 0.3 is 5.97 Å². The zero-order chi connectivity index (χ0) is 16.9. The number of nitrogens with zero attached hydrogens (tertiary/aromatic N) is 1. The van der Waals surface area contributed by atoms with Gasteiger partial charge in [-0.3, -0.25) is 14.9 Å². The zero-order valence-corrected chi connectivity index (χ0v) is 14.7. The highest BCUT2D eigenvalue weighted by atomic mass is 35.6. The number of ether oxygens (including phenoxy) is 1. The van der Waals surface area contributed by atoms with Crippen molar-refractivity contribution in [3.63, 3.8) is 0 Å². The van der Waals surface area contributed by atoms with Crippen molar-refractivity contribution in [2.75, 3.05) is 5.32 Å². The Labute approximate surface area is 151 Å². The van der Waals surface area contributed by atoms with Crippen molar-refractivity contribution in [3.05, 3.63) is 47.0 Å². The fourth-order valence-electron chi connectivity index (χ4n) is 1.55. The molecule has 0 aliphatic rings. The number of hydrogen-bond acceptors (Lipinski definition) is 5. The molecule has 0 aliphatic heterocycles. The van der Waals surface area contributed by atoms with E-state index >= 15 is 0 Å². The molecule has 0 spiro atoms. The van der Waals surface area contributed by atoms with E-state index in [9.17, 15) is 9.59 Å². The van der Waals surface area contributed by atoms with Gasteiger partial charge in [-0.2, -0.15) is 0 Å². The number of thiazole rings is 1. The number of alkyl halides is 3. The number of carbonyl (C=O) groups is 2. The number of rotatable bonds is 5. The molecule has 0 unspecified atom stereocenters. The molecule has 9 heteroatoms. The summed E-state index contributed by atoms with van der Waals surface area (Å²) in [6.07, 6.45) is -0.00697. The normalized spacial score (nSPS) is 11.1. The van der Waals surface area contributed by atoms with Crippen molar-refractivity contribution in [1.29, 1.82) is 0 Å². The maximum atomic E-state index is 11.8. The molecular formula is C14H11Cl3N2O3S. The second-order valence-electron chi connectivity index (χ2n) is 4.42. The van der Waals surface area contributed by atoms with Crippen LogP contribution in [0.1, 0.15) is 11.3 Å². The maximum absolute atomic E-state index is 11.8. The maximum Gasteiger partial charge on any atom is 0.312 e. The number of amides is 1. The second kappa shape index (κ2) is 7.97. The number of hydrogen-bond donors (Lipinski definition) is 1. The van der Waals surface area contributed by atoms with E-state index in [0.717, 1.165) is 16.9 Å². The van der Waals surface area contributed by atoms with Gasteiger partial charge in [0.15, 0.2) is 5.13 Å². The third kappa shape index (κ3) is 5.99. The number of nitrogens with one attached hydrogen (secondary N) is 1. The van der Waals surface area contributed by atoms with E-state index in [1.165, 1.54) is 0 Å². The monoisotopic (exact) mass is 392 g/mol. The number of halogens is 3. The predicted octanol–water partition coefficient (Wildman–Crippen LogP) is 3.74. The molecule has 0 aliphatic carbocycles. The van der Waals surface area contributed by atoms with Crippen LogP contribution in [0.3, 0.4) is 0 Å².